The molecule has 1 aliphatic rings. The predicted molar refractivity (Wildman–Crippen MR) is 93.2 cm³/mol. The van der Waals surface area contributed by atoms with Crippen LogP contribution >= 0.6 is 0 Å². The minimum absolute atomic E-state index is 0.0453. The van der Waals surface area contributed by atoms with Crippen LogP contribution in [0.15, 0.2) is 54.6 Å². The van der Waals surface area contributed by atoms with Crippen molar-refractivity contribution in [2.45, 2.75) is 31.7 Å². The van der Waals surface area contributed by atoms with Crippen LogP contribution in [0.1, 0.15) is 36.4 Å². The normalized spacial score (nSPS) is 15.4. The van der Waals surface area contributed by atoms with E-state index in [1.807, 2.05) is 18.2 Å². The van der Waals surface area contributed by atoms with Gasteiger partial charge in [-0.15, -0.1) is 0 Å². The Morgan fingerprint density at radius 1 is 1.08 bits per heavy atom. The summed E-state index contributed by atoms with van der Waals surface area (Å²) in [6.45, 7) is 0.594. The summed E-state index contributed by atoms with van der Waals surface area (Å²) in [5.74, 6) is 0.189. The fourth-order valence-corrected chi connectivity index (χ4v) is 3.07. The SMILES string of the molecule is O=C(NCCc1ccccc1)NC(c1ccc(F)cc1)C1CCC1. The Hall–Kier alpha value is -2.36. The first-order chi connectivity index (χ1) is 11.7. The quantitative estimate of drug-likeness (QED) is 0.820. The van der Waals surface area contributed by atoms with E-state index in [-0.39, 0.29) is 17.9 Å². The lowest BCUT2D eigenvalue weighted by Crippen LogP contribution is -2.42. The Bertz CT molecular complexity index is 653. The molecule has 0 heterocycles. The van der Waals surface area contributed by atoms with Crippen LogP contribution < -0.4 is 10.6 Å². The molecule has 0 aromatic heterocycles. The summed E-state index contributed by atoms with van der Waals surface area (Å²) < 4.78 is 13.1. The molecular weight excluding hydrogens is 303 g/mol. The van der Waals surface area contributed by atoms with E-state index < -0.39 is 0 Å². The first-order valence-electron chi connectivity index (χ1n) is 8.56. The lowest BCUT2D eigenvalue weighted by molar-refractivity contribution is 0.208. The molecule has 24 heavy (non-hydrogen) atoms. The molecule has 3 nitrogen and oxygen atoms in total. The van der Waals surface area contributed by atoms with Crippen molar-refractivity contribution >= 4 is 6.03 Å². The molecule has 1 unspecified atom stereocenters. The van der Waals surface area contributed by atoms with Gasteiger partial charge in [0.1, 0.15) is 5.82 Å². The van der Waals surface area contributed by atoms with E-state index in [1.165, 1.54) is 24.1 Å². The van der Waals surface area contributed by atoms with Gasteiger partial charge in [0.05, 0.1) is 6.04 Å². The van der Waals surface area contributed by atoms with E-state index in [2.05, 4.69) is 22.8 Å². The van der Waals surface area contributed by atoms with Crippen LogP contribution in [0.2, 0.25) is 0 Å². The molecule has 2 amide bonds. The molecule has 0 bridgehead atoms. The van der Waals surface area contributed by atoms with Gasteiger partial charge in [-0.3, -0.25) is 0 Å². The second-order valence-electron chi connectivity index (χ2n) is 6.36. The smallest absolute Gasteiger partial charge is 0.315 e. The second-order valence-corrected chi connectivity index (χ2v) is 6.36. The van der Waals surface area contributed by atoms with E-state index in [4.69, 9.17) is 0 Å². The highest BCUT2D eigenvalue weighted by Crippen LogP contribution is 2.37. The van der Waals surface area contributed by atoms with Crippen LogP contribution in [0.3, 0.4) is 0 Å². The molecule has 1 fully saturated rings. The van der Waals surface area contributed by atoms with Gasteiger partial charge in [-0.1, -0.05) is 48.9 Å². The van der Waals surface area contributed by atoms with Gasteiger partial charge in [0.25, 0.3) is 0 Å². The molecule has 3 rings (SSSR count). The Kier molecular flexibility index (Phi) is 5.47. The summed E-state index contributed by atoms with van der Waals surface area (Å²) in [5, 5.41) is 5.99. The summed E-state index contributed by atoms with van der Waals surface area (Å²) >= 11 is 0. The average molecular weight is 326 g/mol. The maximum Gasteiger partial charge on any atom is 0.315 e. The number of nitrogens with one attached hydrogen (secondary N) is 2. The van der Waals surface area contributed by atoms with Crippen molar-refractivity contribution in [3.8, 4) is 0 Å². The predicted octanol–water partition coefficient (Wildman–Crippen LogP) is 4.21. The van der Waals surface area contributed by atoms with Crippen LogP contribution in [0.5, 0.6) is 0 Å². The molecule has 1 aliphatic carbocycles. The molecule has 0 radical (unpaired) electrons. The van der Waals surface area contributed by atoms with E-state index in [1.54, 1.807) is 12.1 Å². The number of urea groups is 1. The van der Waals surface area contributed by atoms with Crippen molar-refractivity contribution in [3.63, 3.8) is 0 Å². The third-order valence-corrected chi connectivity index (χ3v) is 4.68. The highest BCUT2D eigenvalue weighted by atomic mass is 19.1. The number of carbonyl (C=O) groups is 1. The highest BCUT2D eigenvalue weighted by Gasteiger charge is 2.29. The summed E-state index contributed by atoms with van der Waals surface area (Å²) in [6.07, 6.45) is 4.21. The van der Waals surface area contributed by atoms with Gasteiger partial charge in [0, 0.05) is 6.54 Å². The Morgan fingerprint density at radius 2 is 1.79 bits per heavy atom. The monoisotopic (exact) mass is 326 g/mol. The van der Waals surface area contributed by atoms with Crippen molar-refractivity contribution in [2.24, 2.45) is 5.92 Å². The average Bonchev–Trinajstić information content (AvgIpc) is 2.54. The van der Waals surface area contributed by atoms with Gasteiger partial charge < -0.3 is 10.6 Å². The van der Waals surface area contributed by atoms with Crippen LogP contribution in [0.25, 0.3) is 0 Å². The first-order valence-corrected chi connectivity index (χ1v) is 8.56. The van der Waals surface area contributed by atoms with Crippen LogP contribution in [-0.4, -0.2) is 12.6 Å². The number of amides is 2. The molecule has 0 saturated heterocycles. The number of rotatable bonds is 6. The number of carbonyl (C=O) groups excluding carboxylic acids is 1. The lowest BCUT2D eigenvalue weighted by Gasteiger charge is -2.34. The molecule has 1 atom stereocenters. The largest absolute Gasteiger partial charge is 0.338 e. The van der Waals surface area contributed by atoms with Crippen LogP contribution in [-0.2, 0) is 6.42 Å². The van der Waals surface area contributed by atoms with Crippen molar-refractivity contribution < 1.29 is 9.18 Å². The van der Waals surface area contributed by atoms with Crippen LogP contribution in [0.4, 0.5) is 9.18 Å². The molecule has 4 heteroatoms. The standard InChI is InChI=1S/C20H23FN2O/c21-18-11-9-17(10-12-18)19(16-7-4-8-16)23-20(24)22-14-13-15-5-2-1-3-6-15/h1-3,5-6,9-12,16,19H,4,7-8,13-14H2,(H2,22,23,24). The van der Waals surface area contributed by atoms with Crippen LogP contribution in [0, 0.1) is 11.7 Å². The minimum Gasteiger partial charge on any atom is -0.338 e. The third kappa shape index (κ3) is 4.34. The number of hydrogen-bond donors (Lipinski definition) is 2. The van der Waals surface area contributed by atoms with E-state index in [0.717, 1.165) is 24.8 Å². The van der Waals surface area contributed by atoms with Gasteiger partial charge in [0.15, 0.2) is 0 Å². The molecule has 1 saturated carbocycles. The zero-order valence-electron chi connectivity index (χ0n) is 13.7. The van der Waals surface area contributed by atoms with Gasteiger partial charge in [-0.25, -0.2) is 9.18 Å². The van der Waals surface area contributed by atoms with E-state index >= 15 is 0 Å². The highest BCUT2D eigenvalue weighted by molar-refractivity contribution is 5.74. The number of halogens is 1. The Labute approximate surface area is 142 Å². The molecule has 0 aliphatic heterocycles. The molecule has 2 N–H and O–H groups in total. The second kappa shape index (κ2) is 7.95. The minimum atomic E-state index is -0.251. The molecule has 0 spiro atoms. The van der Waals surface area contributed by atoms with Gasteiger partial charge >= 0.3 is 6.03 Å². The summed E-state index contributed by atoms with van der Waals surface area (Å²) in [5.41, 5.74) is 2.17. The van der Waals surface area contributed by atoms with Crippen molar-refractivity contribution in [2.75, 3.05) is 6.54 Å². The molecule has 2 aromatic carbocycles. The van der Waals surface area contributed by atoms with Crippen molar-refractivity contribution in [1.29, 1.82) is 0 Å². The van der Waals surface area contributed by atoms with Gasteiger partial charge in [-0.2, -0.15) is 0 Å². The lowest BCUT2D eigenvalue weighted by atomic mass is 9.77. The maximum absolute atomic E-state index is 13.1. The molecule has 2 aromatic rings. The fraction of sp³-hybridized carbons (Fsp3) is 0.350. The fourth-order valence-electron chi connectivity index (χ4n) is 3.07. The van der Waals surface area contributed by atoms with Gasteiger partial charge in [-0.05, 0) is 48.4 Å². The van der Waals surface area contributed by atoms with E-state index in [9.17, 15) is 9.18 Å². The topological polar surface area (TPSA) is 41.1 Å². The number of hydrogen-bond acceptors (Lipinski definition) is 1. The summed E-state index contributed by atoms with van der Waals surface area (Å²) in [7, 11) is 0. The van der Waals surface area contributed by atoms with Crippen molar-refractivity contribution in [3.05, 3.63) is 71.5 Å². The number of benzene rings is 2. The zero-order valence-corrected chi connectivity index (χ0v) is 13.7. The third-order valence-electron chi connectivity index (χ3n) is 4.68. The Morgan fingerprint density at radius 3 is 2.42 bits per heavy atom. The van der Waals surface area contributed by atoms with Crippen molar-refractivity contribution in [1.82, 2.24) is 10.6 Å². The Balaban J connectivity index is 1.54. The first kappa shape index (κ1) is 16.5. The maximum atomic E-state index is 13.1. The summed E-state index contributed by atoms with van der Waals surface area (Å²) in [4.78, 5) is 12.2. The summed E-state index contributed by atoms with van der Waals surface area (Å²) in [6, 6.07) is 16.3. The molecular formula is C20H23FN2O. The molecule has 126 valence electrons. The zero-order chi connectivity index (χ0) is 16.8. The van der Waals surface area contributed by atoms with E-state index in [0.29, 0.717) is 12.5 Å². The van der Waals surface area contributed by atoms with Gasteiger partial charge in [0.2, 0.25) is 0 Å².